The van der Waals surface area contributed by atoms with E-state index in [1.807, 2.05) is 115 Å². The molecule has 0 radical (unpaired) electrons. The number of rotatable bonds is 7. The van der Waals surface area contributed by atoms with Crippen LogP contribution in [0.2, 0.25) is 0 Å². The van der Waals surface area contributed by atoms with Gasteiger partial charge in [0.05, 0.1) is 5.30 Å². The van der Waals surface area contributed by atoms with Crippen LogP contribution >= 0.6 is 7.14 Å². The smallest absolute Gasteiger partial charge is 0.174 e. The van der Waals surface area contributed by atoms with E-state index < -0.39 is 7.14 Å². The molecule has 0 saturated carbocycles. The predicted molar refractivity (Wildman–Crippen MR) is 165 cm³/mol. The first-order valence-electron chi connectivity index (χ1n) is 12.7. The topological polar surface area (TPSA) is 35.5 Å². The van der Waals surface area contributed by atoms with Gasteiger partial charge >= 0.3 is 0 Å². The first kappa shape index (κ1) is 28.0. The maximum atomic E-state index is 15.3. The highest BCUT2D eigenvalue weighted by Gasteiger charge is 2.33. The van der Waals surface area contributed by atoms with E-state index in [0.29, 0.717) is 22.6 Å². The van der Waals surface area contributed by atoms with Gasteiger partial charge in [-0.2, -0.15) is 0 Å². The number of hydrogen-bond donors (Lipinski definition) is 0. The Bertz CT molecular complexity index is 1580. The van der Waals surface area contributed by atoms with E-state index in [-0.39, 0.29) is 7.43 Å². The van der Waals surface area contributed by atoms with Crippen LogP contribution in [0.3, 0.4) is 0 Å². The first-order chi connectivity index (χ1) is 18.3. The molecule has 0 amide bonds. The van der Waals surface area contributed by atoms with Gasteiger partial charge in [-0.3, -0.25) is 0 Å². The van der Waals surface area contributed by atoms with Gasteiger partial charge in [0.25, 0.3) is 0 Å². The van der Waals surface area contributed by atoms with Crippen molar-refractivity contribution in [3.05, 3.63) is 138 Å². The highest BCUT2D eigenvalue weighted by molar-refractivity contribution is 7.85. The van der Waals surface area contributed by atoms with Crippen LogP contribution in [-0.4, -0.2) is 0 Å². The Morgan fingerprint density at radius 2 is 0.923 bits per heavy atom. The van der Waals surface area contributed by atoms with E-state index in [1.165, 1.54) is 11.1 Å². The van der Waals surface area contributed by atoms with Gasteiger partial charge in [-0.1, -0.05) is 80.2 Å². The van der Waals surface area contributed by atoms with Crippen LogP contribution in [-0.2, 0) is 4.57 Å². The van der Waals surface area contributed by atoms with Crippen LogP contribution in [0.1, 0.15) is 29.7 Å². The number of ether oxygens (including phenoxy) is 2. The molecule has 0 saturated heterocycles. The summed E-state index contributed by atoms with van der Waals surface area (Å²) in [6.07, 6.45) is 0. The normalized spacial score (nSPS) is 11.0. The van der Waals surface area contributed by atoms with Crippen LogP contribution in [0.4, 0.5) is 0 Å². The van der Waals surface area contributed by atoms with E-state index in [4.69, 9.17) is 9.47 Å². The van der Waals surface area contributed by atoms with Crippen molar-refractivity contribution >= 4 is 23.1 Å². The van der Waals surface area contributed by atoms with Crippen LogP contribution in [0.15, 0.2) is 115 Å². The van der Waals surface area contributed by atoms with Crippen molar-refractivity contribution in [2.75, 3.05) is 0 Å². The molecule has 0 unspecified atom stereocenters. The molecule has 4 heteroatoms. The van der Waals surface area contributed by atoms with Gasteiger partial charge in [-0.25, -0.2) is 0 Å². The average Bonchev–Trinajstić information content (AvgIpc) is 2.94. The second kappa shape index (κ2) is 11.8. The predicted octanol–water partition coefficient (Wildman–Crippen LogP) is 8.78. The van der Waals surface area contributed by atoms with Crippen molar-refractivity contribution in [2.45, 2.75) is 35.1 Å². The summed E-state index contributed by atoms with van der Waals surface area (Å²) in [6.45, 7) is 8.27. The third kappa shape index (κ3) is 5.85. The fourth-order valence-corrected chi connectivity index (χ4v) is 7.19. The van der Waals surface area contributed by atoms with Gasteiger partial charge in [-0.15, -0.1) is 0 Å². The van der Waals surface area contributed by atoms with E-state index in [2.05, 4.69) is 27.7 Å². The molecule has 0 heterocycles. The maximum Gasteiger partial charge on any atom is 0.174 e. The summed E-state index contributed by atoms with van der Waals surface area (Å²) in [7, 11) is -3.33. The zero-order valence-corrected chi connectivity index (χ0v) is 23.0. The first-order valence-corrected chi connectivity index (χ1v) is 14.4. The van der Waals surface area contributed by atoms with Crippen molar-refractivity contribution in [2.24, 2.45) is 0 Å². The van der Waals surface area contributed by atoms with Gasteiger partial charge in [0, 0.05) is 10.6 Å². The quantitative estimate of drug-likeness (QED) is 0.196. The summed E-state index contributed by atoms with van der Waals surface area (Å²) >= 11 is 0. The van der Waals surface area contributed by atoms with Crippen LogP contribution in [0.25, 0.3) is 0 Å². The van der Waals surface area contributed by atoms with Crippen LogP contribution < -0.4 is 25.4 Å². The maximum absolute atomic E-state index is 15.3. The molecule has 0 fully saturated rings. The molecular formula is C35H35O3P. The highest BCUT2D eigenvalue weighted by atomic mass is 31.2. The zero-order chi connectivity index (χ0) is 26.7. The van der Waals surface area contributed by atoms with E-state index in [1.54, 1.807) is 0 Å². The standard InChI is InChI=1S/C34H31O3P.CH4/c1-24-15-17-28(21-26(24)3)36-30-19-20-33(37-29-18-16-25(2)27(4)22-29)34(23-30)38(35,31-11-7-5-8-12-31)32-13-9-6-10-14-32;/h5-23H,1-4H3;1H4. The zero-order valence-electron chi connectivity index (χ0n) is 22.1. The van der Waals surface area contributed by atoms with Crippen LogP contribution in [0, 0.1) is 27.7 Å². The third-order valence-corrected chi connectivity index (χ3v) is 10.0. The monoisotopic (exact) mass is 534 g/mol. The van der Waals surface area contributed by atoms with Gasteiger partial charge in [-0.05, 0) is 92.4 Å². The van der Waals surface area contributed by atoms with Crippen molar-refractivity contribution < 1.29 is 14.0 Å². The molecule has 198 valence electrons. The molecule has 3 nitrogen and oxygen atoms in total. The van der Waals surface area contributed by atoms with E-state index in [9.17, 15) is 0 Å². The molecule has 0 bridgehead atoms. The Hall–Kier alpha value is -4.07. The van der Waals surface area contributed by atoms with Gasteiger partial charge in [0.15, 0.2) is 7.14 Å². The molecule has 5 rings (SSSR count). The lowest BCUT2D eigenvalue weighted by molar-refractivity contribution is 0.471. The fourth-order valence-electron chi connectivity index (χ4n) is 4.41. The van der Waals surface area contributed by atoms with Crippen molar-refractivity contribution in [1.29, 1.82) is 0 Å². The minimum atomic E-state index is -3.33. The molecule has 0 spiro atoms. The molecular weight excluding hydrogens is 499 g/mol. The lowest BCUT2D eigenvalue weighted by Gasteiger charge is -2.23. The number of benzene rings is 5. The summed E-state index contributed by atoms with van der Waals surface area (Å²) in [5.74, 6) is 2.57. The molecule has 0 aromatic heterocycles. The molecule has 0 N–H and O–H groups in total. The van der Waals surface area contributed by atoms with Crippen molar-refractivity contribution in [3.63, 3.8) is 0 Å². The Morgan fingerprint density at radius 1 is 0.487 bits per heavy atom. The van der Waals surface area contributed by atoms with Gasteiger partial charge in [0.1, 0.15) is 23.0 Å². The summed E-state index contributed by atoms with van der Waals surface area (Å²) in [5.41, 5.74) is 4.67. The average molecular weight is 535 g/mol. The largest absolute Gasteiger partial charge is 0.457 e. The SMILES string of the molecule is C.Cc1ccc(Oc2ccc(Oc3ccc(C)c(C)c3)c(P(=O)(c3ccccc3)c3ccccc3)c2)cc1C. The number of hydrogen-bond acceptors (Lipinski definition) is 3. The minimum Gasteiger partial charge on any atom is -0.457 e. The third-order valence-electron chi connectivity index (χ3n) is 6.93. The molecule has 5 aromatic carbocycles. The number of aryl methyl sites for hydroxylation is 4. The molecule has 39 heavy (non-hydrogen) atoms. The summed E-state index contributed by atoms with van der Waals surface area (Å²) in [5, 5.41) is 2.06. The van der Waals surface area contributed by atoms with Crippen LogP contribution in [0.5, 0.6) is 23.0 Å². The summed E-state index contributed by atoms with van der Waals surface area (Å²) in [6, 6.07) is 36.8. The lowest BCUT2D eigenvalue weighted by Crippen LogP contribution is -2.26. The molecule has 0 aliphatic heterocycles. The highest BCUT2D eigenvalue weighted by Crippen LogP contribution is 2.47. The second-order valence-corrected chi connectivity index (χ2v) is 12.3. The summed E-state index contributed by atoms with van der Waals surface area (Å²) in [4.78, 5) is 0. The Morgan fingerprint density at radius 3 is 1.41 bits per heavy atom. The minimum absolute atomic E-state index is 0. The molecule has 0 aliphatic rings. The van der Waals surface area contributed by atoms with Crippen molar-refractivity contribution in [1.82, 2.24) is 0 Å². The Balaban J connectivity index is 0.00000353. The Labute approximate surface area is 232 Å². The van der Waals surface area contributed by atoms with Gasteiger partial charge in [0.2, 0.25) is 0 Å². The Kier molecular flexibility index (Phi) is 8.43. The molecule has 5 aromatic rings. The molecule has 0 atom stereocenters. The van der Waals surface area contributed by atoms with E-state index in [0.717, 1.165) is 27.5 Å². The van der Waals surface area contributed by atoms with Crippen molar-refractivity contribution in [3.8, 4) is 23.0 Å². The van der Waals surface area contributed by atoms with Gasteiger partial charge < -0.3 is 14.0 Å². The fraction of sp³-hybridized carbons (Fsp3) is 0.143. The van der Waals surface area contributed by atoms with E-state index >= 15 is 4.57 Å². The second-order valence-electron chi connectivity index (χ2n) is 9.61. The summed E-state index contributed by atoms with van der Waals surface area (Å²) < 4.78 is 28.0. The lowest BCUT2D eigenvalue weighted by atomic mass is 10.1. The molecule has 0 aliphatic carbocycles.